The maximum absolute atomic E-state index is 11.5. The van der Waals surface area contributed by atoms with Gasteiger partial charge in [-0.25, -0.2) is 4.79 Å². The molecule has 2 rings (SSSR count). The third kappa shape index (κ3) is 3.07. The van der Waals surface area contributed by atoms with Crippen molar-refractivity contribution in [3.05, 3.63) is 48.2 Å². The van der Waals surface area contributed by atoms with Crippen molar-refractivity contribution in [2.24, 2.45) is 7.05 Å². The molecule has 1 aromatic carbocycles. The van der Waals surface area contributed by atoms with Crippen LogP contribution in [-0.2, 0) is 18.4 Å². The summed E-state index contributed by atoms with van der Waals surface area (Å²) in [7, 11) is 1.74. The van der Waals surface area contributed by atoms with Crippen LogP contribution in [0.4, 0.5) is 10.6 Å². The lowest BCUT2D eigenvalue weighted by Gasteiger charge is -2.06. The van der Waals surface area contributed by atoms with Crippen molar-refractivity contribution in [1.82, 2.24) is 9.78 Å². The molecule has 88 valence electrons. The molecule has 0 spiro atoms. The summed E-state index contributed by atoms with van der Waals surface area (Å²) < 4.78 is 6.62. The second-order valence-electron chi connectivity index (χ2n) is 3.53. The van der Waals surface area contributed by atoms with Gasteiger partial charge in [0.1, 0.15) is 12.4 Å². The second kappa shape index (κ2) is 5.16. The summed E-state index contributed by atoms with van der Waals surface area (Å²) in [6.07, 6.45) is 1.12. The number of nitrogens with one attached hydrogen (secondary N) is 1. The number of nitrogens with zero attached hydrogens (tertiary/aromatic N) is 2. The molecule has 2 aromatic rings. The fraction of sp³-hybridized carbons (Fsp3) is 0.167. The van der Waals surface area contributed by atoms with E-state index in [1.54, 1.807) is 24.0 Å². The third-order valence-corrected chi connectivity index (χ3v) is 2.26. The molecule has 1 amide bonds. The Morgan fingerprint density at radius 1 is 1.35 bits per heavy atom. The van der Waals surface area contributed by atoms with Crippen molar-refractivity contribution in [2.75, 3.05) is 5.32 Å². The van der Waals surface area contributed by atoms with Crippen LogP contribution < -0.4 is 5.32 Å². The van der Waals surface area contributed by atoms with E-state index in [4.69, 9.17) is 4.74 Å². The molecule has 0 bridgehead atoms. The van der Waals surface area contributed by atoms with Crippen molar-refractivity contribution < 1.29 is 9.53 Å². The van der Waals surface area contributed by atoms with Crippen molar-refractivity contribution in [2.45, 2.75) is 6.61 Å². The van der Waals surface area contributed by atoms with Crippen LogP contribution in [0.25, 0.3) is 0 Å². The predicted octanol–water partition coefficient (Wildman–Crippen LogP) is 2.17. The molecule has 0 aliphatic rings. The van der Waals surface area contributed by atoms with Crippen LogP contribution in [0.2, 0.25) is 0 Å². The highest BCUT2D eigenvalue weighted by atomic mass is 16.5. The Kier molecular flexibility index (Phi) is 3.40. The molecule has 1 N–H and O–H groups in total. The van der Waals surface area contributed by atoms with Gasteiger partial charge < -0.3 is 4.74 Å². The molecule has 5 heteroatoms. The van der Waals surface area contributed by atoms with Gasteiger partial charge in [-0.1, -0.05) is 30.3 Å². The number of anilines is 1. The minimum atomic E-state index is -0.488. The number of hydrogen-bond donors (Lipinski definition) is 1. The summed E-state index contributed by atoms with van der Waals surface area (Å²) in [4.78, 5) is 11.5. The number of carbonyl (C=O) groups is 1. The van der Waals surface area contributed by atoms with E-state index in [1.807, 2.05) is 30.3 Å². The van der Waals surface area contributed by atoms with Gasteiger partial charge in [-0.15, -0.1) is 0 Å². The highest BCUT2D eigenvalue weighted by molar-refractivity contribution is 5.83. The molecule has 0 radical (unpaired) electrons. The highest BCUT2D eigenvalue weighted by Gasteiger charge is 2.05. The molecule has 1 heterocycles. The Bertz CT molecular complexity index is 493. The lowest BCUT2D eigenvalue weighted by molar-refractivity contribution is 0.155. The smallest absolute Gasteiger partial charge is 0.413 e. The van der Waals surface area contributed by atoms with Gasteiger partial charge in [0.25, 0.3) is 0 Å². The molecular weight excluding hydrogens is 218 g/mol. The molecule has 0 aliphatic carbocycles. The molecule has 0 saturated carbocycles. The Labute approximate surface area is 99.0 Å². The van der Waals surface area contributed by atoms with Crippen LogP contribution in [0, 0.1) is 0 Å². The fourth-order valence-electron chi connectivity index (χ4n) is 1.36. The number of hydrogen-bond acceptors (Lipinski definition) is 3. The zero-order valence-corrected chi connectivity index (χ0v) is 9.46. The number of aryl methyl sites for hydroxylation is 1. The fourth-order valence-corrected chi connectivity index (χ4v) is 1.36. The van der Waals surface area contributed by atoms with E-state index in [0.29, 0.717) is 5.82 Å². The molecule has 0 aliphatic heterocycles. The number of carbonyl (C=O) groups excluding carboxylic acids is 1. The average molecular weight is 231 g/mol. The summed E-state index contributed by atoms with van der Waals surface area (Å²) in [5, 5.41) is 6.53. The number of rotatable bonds is 3. The monoisotopic (exact) mass is 231 g/mol. The van der Waals surface area contributed by atoms with Gasteiger partial charge in [-0.3, -0.25) is 10.00 Å². The van der Waals surface area contributed by atoms with Crippen LogP contribution in [0.3, 0.4) is 0 Å². The first kappa shape index (κ1) is 11.2. The van der Waals surface area contributed by atoms with E-state index in [1.165, 1.54) is 0 Å². The standard InChI is InChI=1S/C12H13N3O2/c1-15-11(7-8-13-15)14-12(16)17-9-10-5-3-2-4-6-10/h2-8H,9H2,1H3,(H,14,16). The van der Waals surface area contributed by atoms with Crippen LogP contribution in [-0.4, -0.2) is 15.9 Å². The molecule has 1 aromatic heterocycles. The minimum Gasteiger partial charge on any atom is -0.444 e. The summed E-state index contributed by atoms with van der Waals surface area (Å²) >= 11 is 0. The Balaban J connectivity index is 1.85. The van der Waals surface area contributed by atoms with E-state index >= 15 is 0 Å². The van der Waals surface area contributed by atoms with Gasteiger partial charge in [-0.2, -0.15) is 5.10 Å². The number of benzene rings is 1. The van der Waals surface area contributed by atoms with Gasteiger partial charge in [0.2, 0.25) is 0 Å². The number of amides is 1. The van der Waals surface area contributed by atoms with Crippen molar-refractivity contribution in [3.63, 3.8) is 0 Å². The van der Waals surface area contributed by atoms with Crippen molar-refractivity contribution >= 4 is 11.9 Å². The van der Waals surface area contributed by atoms with E-state index in [0.717, 1.165) is 5.56 Å². The van der Waals surface area contributed by atoms with Crippen molar-refractivity contribution in [3.8, 4) is 0 Å². The summed E-state index contributed by atoms with van der Waals surface area (Å²) in [6.45, 7) is 0.254. The quantitative estimate of drug-likeness (QED) is 0.880. The van der Waals surface area contributed by atoms with Gasteiger partial charge in [0.15, 0.2) is 0 Å². The number of ether oxygens (including phenoxy) is 1. The molecule has 0 atom stereocenters. The maximum Gasteiger partial charge on any atom is 0.413 e. The third-order valence-electron chi connectivity index (χ3n) is 2.26. The first-order valence-corrected chi connectivity index (χ1v) is 5.21. The molecular formula is C12H13N3O2. The van der Waals surface area contributed by atoms with E-state index in [9.17, 15) is 4.79 Å². The molecule has 0 fully saturated rings. The number of aromatic nitrogens is 2. The van der Waals surface area contributed by atoms with Crippen LogP contribution in [0.1, 0.15) is 5.56 Å². The van der Waals surface area contributed by atoms with Crippen molar-refractivity contribution in [1.29, 1.82) is 0 Å². The largest absolute Gasteiger partial charge is 0.444 e. The SMILES string of the molecule is Cn1nccc1NC(=O)OCc1ccccc1. The molecule has 0 saturated heterocycles. The molecule has 17 heavy (non-hydrogen) atoms. The average Bonchev–Trinajstić information content (AvgIpc) is 2.74. The zero-order valence-electron chi connectivity index (χ0n) is 9.46. The first-order valence-electron chi connectivity index (χ1n) is 5.21. The zero-order chi connectivity index (χ0) is 12.1. The van der Waals surface area contributed by atoms with Gasteiger partial charge in [0, 0.05) is 13.1 Å². The second-order valence-corrected chi connectivity index (χ2v) is 3.53. The first-order chi connectivity index (χ1) is 8.25. The summed E-state index contributed by atoms with van der Waals surface area (Å²) in [5.41, 5.74) is 0.952. The lowest BCUT2D eigenvalue weighted by atomic mass is 10.2. The topological polar surface area (TPSA) is 56.2 Å². The van der Waals surface area contributed by atoms with Gasteiger partial charge >= 0.3 is 6.09 Å². The molecule has 5 nitrogen and oxygen atoms in total. The predicted molar refractivity (Wildman–Crippen MR) is 63.5 cm³/mol. The Hall–Kier alpha value is -2.30. The maximum atomic E-state index is 11.5. The molecule has 0 unspecified atom stereocenters. The normalized spacial score (nSPS) is 9.94. The Morgan fingerprint density at radius 3 is 2.76 bits per heavy atom. The Morgan fingerprint density at radius 2 is 2.12 bits per heavy atom. The summed E-state index contributed by atoms with van der Waals surface area (Å²) in [6, 6.07) is 11.2. The van der Waals surface area contributed by atoms with Crippen LogP contribution in [0.15, 0.2) is 42.6 Å². The van der Waals surface area contributed by atoms with E-state index < -0.39 is 6.09 Å². The highest BCUT2D eigenvalue weighted by Crippen LogP contribution is 2.05. The van der Waals surface area contributed by atoms with E-state index in [2.05, 4.69) is 10.4 Å². The van der Waals surface area contributed by atoms with Gasteiger partial charge in [0.05, 0.1) is 6.20 Å². The summed E-state index contributed by atoms with van der Waals surface area (Å²) in [5.74, 6) is 0.600. The van der Waals surface area contributed by atoms with Crippen LogP contribution in [0.5, 0.6) is 0 Å². The van der Waals surface area contributed by atoms with Gasteiger partial charge in [-0.05, 0) is 5.56 Å². The lowest BCUT2D eigenvalue weighted by Crippen LogP contribution is -2.15. The van der Waals surface area contributed by atoms with E-state index in [-0.39, 0.29) is 6.61 Å². The van der Waals surface area contributed by atoms with Crippen LogP contribution >= 0.6 is 0 Å². The minimum absolute atomic E-state index is 0.254.